The highest BCUT2D eigenvalue weighted by Crippen LogP contribution is 2.23. The molecule has 0 radical (unpaired) electrons. The van der Waals surface area contributed by atoms with Crippen molar-refractivity contribution in [3.63, 3.8) is 0 Å². The molecule has 0 bridgehead atoms. The maximum absolute atomic E-state index is 4.78. The minimum atomic E-state index is 0.0168. The van der Waals surface area contributed by atoms with E-state index in [0.29, 0.717) is 6.04 Å². The fraction of sp³-hybridized carbons (Fsp3) is 0.500. The fourth-order valence-electron chi connectivity index (χ4n) is 1.92. The van der Waals surface area contributed by atoms with E-state index in [-0.39, 0.29) is 5.41 Å². The van der Waals surface area contributed by atoms with Crippen LogP contribution in [0.3, 0.4) is 0 Å². The molecule has 2 heterocycles. The number of pyridine rings is 1. The predicted molar refractivity (Wildman–Crippen MR) is 94.8 cm³/mol. The third kappa shape index (κ3) is 4.51. The van der Waals surface area contributed by atoms with E-state index in [1.165, 1.54) is 5.56 Å². The predicted octanol–water partition coefficient (Wildman–Crippen LogP) is 3.67. The molecule has 0 atom stereocenters. The van der Waals surface area contributed by atoms with Crippen LogP contribution in [0.4, 0.5) is 0 Å². The van der Waals surface area contributed by atoms with E-state index < -0.39 is 0 Å². The second-order valence-electron chi connectivity index (χ2n) is 6.61. The van der Waals surface area contributed by atoms with Crippen molar-refractivity contribution in [1.82, 2.24) is 20.1 Å². The summed E-state index contributed by atoms with van der Waals surface area (Å²) in [4.78, 5) is 4.78. The van der Waals surface area contributed by atoms with Gasteiger partial charge in [-0.3, -0.25) is 0 Å². The van der Waals surface area contributed by atoms with Crippen LogP contribution in [0.2, 0.25) is 0 Å². The third-order valence-corrected chi connectivity index (χ3v) is 3.70. The van der Waals surface area contributed by atoms with Gasteiger partial charge in [-0.1, -0.05) is 34.6 Å². The van der Waals surface area contributed by atoms with Crippen LogP contribution < -0.4 is 5.32 Å². The first-order chi connectivity index (χ1) is 9.75. The van der Waals surface area contributed by atoms with Gasteiger partial charge in [0.1, 0.15) is 0 Å². The summed E-state index contributed by atoms with van der Waals surface area (Å²) in [6.45, 7) is 11.7. The highest BCUT2D eigenvalue weighted by molar-refractivity contribution is 14.1. The Morgan fingerprint density at radius 2 is 2.00 bits per heavy atom. The number of hydrogen-bond donors (Lipinski definition) is 1. The van der Waals surface area contributed by atoms with Crippen molar-refractivity contribution in [1.29, 1.82) is 0 Å². The van der Waals surface area contributed by atoms with Crippen LogP contribution in [0.5, 0.6) is 0 Å². The van der Waals surface area contributed by atoms with Crippen LogP contribution in [0.15, 0.2) is 24.5 Å². The lowest BCUT2D eigenvalue weighted by molar-refractivity contribution is 0.558. The molecule has 4 nitrogen and oxygen atoms in total. The Bertz CT molecular complexity index is 611. The van der Waals surface area contributed by atoms with E-state index in [2.05, 4.69) is 79.8 Å². The van der Waals surface area contributed by atoms with Crippen molar-refractivity contribution in [3.05, 3.63) is 39.4 Å². The van der Waals surface area contributed by atoms with Gasteiger partial charge in [0.25, 0.3) is 0 Å². The Balaban J connectivity index is 2.42. The monoisotopic (exact) mass is 398 g/mol. The number of nitrogens with zero attached hydrogens (tertiary/aromatic N) is 3. The summed E-state index contributed by atoms with van der Waals surface area (Å²) in [7, 11) is 0. The zero-order valence-electron chi connectivity index (χ0n) is 13.3. The molecule has 0 aliphatic rings. The van der Waals surface area contributed by atoms with Gasteiger partial charge >= 0.3 is 0 Å². The van der Waals surface area contributed by atoms with Crippen molar-refractivity contribution >= 4 is 22.6 Å². The van der Waals surface area contributed by atoms with Gasteiger partial charge in [-0.25, -0.2) is 9.67 Å². The fourth-order valence-corrected chi connectivity index (χ4v) is 2.31. The Kier molecular flexibility index (Phi) is 5.03. The molecular formula is C16H23IN4. The minimum Gasteiger partial charge on any atom is -0.310 e. The standard InChI is InChI=1S/C16H23IN4/c1-11(2)18-8-12-6-14(16(3,4)5)20-15(7-12)21-10-13(17)9-19-21/h6-7,9-11,18H,8H2,1-5H3. The van der Waals surface area contributed by atoms with Crippen LogP contribution >= 0.6 is 22.6 Å². The lowest BCUT2D eigenvalue weighted by Gasteiger charge is -2.20. The molecule has 2 aromatic rings. The topological polar surface area (TPSA) is 42.7 Å². The summed E-state index contributed by atoms with van der Waals surface area (Å²) < 4.78 is 2.95. The Hall–Kier alpha value is -0.950. The molecule has 0 unspecified atom stereocenters. The molecule has 5 heteroatoms. The van der Waals surface area contributed by atoms with Gasteiger partial charge in [0, 0.05) is 29.9 Å². The molecular weight excluding hydrogens is 375 g/mol. The minimum absolute atomic E-state index is 0.0168. The second kappa shape index (κ2) is 6.44. The van der Waals surface area contributed by atoms with Gasteiger partial charge in [0.15, 0.2) is 5.82 Å². The maximum Gasteiger partial charge on any atom is 0.153 e. The molecule has 0 amide bonds. The molecule has 1 N–H and O–H groups in total. The lowest BCUT2D eigenvalue weighted by atomic mass is 9.90. The van der Waals surface area contributed by atoms with E-state index in [1.54, 1.807) is 0 Å². The lowest BCUT2D eigenvalue weighted by Crippen LogP contribution is -2.23. The zero-order valence-corrected chi connectivity index (χ0v) is 15.5. The van der Waals surface area contributed by atoms with E-state index in [0.717, 1.165) is 21.6 Å². The summed E-state index contributed by atoms with van der Waals surface area (Å²) >= 11 is 2.26. The highest BCUT2D eigenvalue weighted by atomic mass is 127. The molecule has 0 saturated carbocycles. The molecule has 21 heavy (non-hydrogen) atoms. The average Bonchev–Trinajstić information content (AvgIpc) is 2.82. The van der Waals surface area contributed by atoms with Crippen molar-refractivity contribution in [2.45, 2.75) is 52.6 Å². The van der Waals surface area contributed by atoms with Crippen LogP contribution in [0.25, 0.3) is 5.82 Å². The van der Waals surface area contributed by atoms with Crippen molar-refractivity contribution in [2.24, 2.45) is 0 Å². The molecule has 0 spiro atoms. The molecule has 114 valence electrons. The number of nitrogens with one attached hydrogen (secondary N) is 1. The van der Waals surface area contributed by atoms with Crippen LogP contribution in [-0.2, 0) is 12.0 Å². The molecule has 0 aliphatic carbocycles. The van der Waals surface area contributed by atoms with Gasteiger partial charge in [-0.2, -0.15) is 5.10 Å². The summed E-state index contributed by atoms with van der Waals surface area (Å²) in [5.41, 5.74) is 2.35. The van der Waals surface area contributed by atoms with Gasteiger partial charge in [-0.05, 0) is 40.3 Å². The Morgan fingerprint density at radius 3 is 2.52 bits per heavy atom. The molecule has 0 aliphatic heterocycles. The molecule has 2 aromatic heterocycles. The number of halogens is 1. The van der Waals surface area contributed by atoms with Gasteiger partial charge in [0.2, 0.25) is 0 Å². The largest absolute Gasteiger partial charge is 0.310 e. The quantitative estimate of drug-likeness (QED) is 0.800. The average molecular weight is 398 g/mol. The first kappa shape index (κ1) is 16.4. The molecule has 0 saturated heterocycles. The number of hydrogen-bond acceptors (Lipinski definition) is 3. The third-order valence-electron chi connectivity index (χ3n) is 3.14. The first-order valence-electron chi connectivity index (χ1n) is 7.21. The van der Waals surface area contributed by atoms with Gasteiger partial charge in [-0.15, -0.1) is 0 Å². The van der Waals surface area contributed by atoms with Crippen LogP contribution in [0, 0.1) is 3.57 Å². The van der Waals surface area contributed by atoms with E-state index >= 15 is 0 Å². The summed E-state index contributed by atoms with van der Waals surface area (Å²) in [5.74, 6) is 0.880. The number of aromatic nitrogens is 3. The summed E-state index contributed by atoms with van der Waals surface area (Å²) in [5, 5.41) is 7.84. The van der Waals surface area contributed by atoms with Gasteiger partial charge < -0.3 is 5.32 Å². The SMILES string of the molecule is CC(C)NCc1cc(-n2cc(I)cn2)nc(C(C)(C)C)c1. The van der Waals surface area contributed by atoms with E-state index in [4.69, 9.17) is 4.98 Å². The first-order valence-corrected chi connectivity index (χ1v) is 8.29. The Labute approximate surface area is 140 Å². The summed E-state index contributed by atoms with van der Waals surface area (Å²) in [6, 6.07) is 4.76. The second-order valence-corrected chi connectivity index (χ2v) is 7.85. The Morgan fingerprint density at radius 1 is 1.29 bits per heavy atom. The van der Waals surface area contributed by atoms with Crippen molar-refractivity contribution in [2.75, 3.05) is 0 Å². The van der Waals surface area contributed by atoms with Crippen LogP contribution in [0.1, 0.15) is 45.9 Å². The highest BCUT2D eigenvalue weighted by Gasteiger charge is 2.18. The van der Waals surface area contributed by atoms with E-state index in [1.807, 2.05) is 17.1 Å². The van der Waals surface area contributed by atoms with Crippen molar-refractivity contribution < 1.29 is 0 Å². The molecule has 2 rings (SSSR count). The smallest absolute Gasteiger partial charge is 0.153 e. The van der Waals surface area contributed by atoms with Gasteiger partial charge in [0.05, 0.1) is 9.77 Å². The summed E-state index contributed by atoms with van der Waals surface area (Å²) in [6.07, 6.45) is 3.84. The van der Waals surface area contributed by atoms with Crippen molar-refractivity contribution in [3.8, 4) is 5.82 Å². The number of rotatable bonds is 4. The normalized spacial score (nSPS) is 12.1. The zero-order chi connectivity index (χ0) is 15.6. The van der Waals surface area contributed by atoms with E-state index in [9.17, 15) is 0 Å². The molecule has 0 fully saturated rings. The van der Waals surface area contributed by atoms with Crippen LogP contribution in [-0.4, -0.2) is 20.8 Å². The maximum atomic E-state index is 4.78. The molecule has 0 aromatic carbocycles.